The lowest BCUT2D eigenvalue weighted by molar-refractivity contribution is 0.209. The molecule has 0 spiro atoms. The van der Waals surface area contributed by atoms with Crippen LogP contribution < -0.4 is 4.74 Å². The van der Waals surface area contributed by atoms with Crippen molar-refractivity contribution < 1.29 is 4.74 Å². The van der Waals surface area contributed by atoms with E-state index in [0.717, 1.165) is 18.8 Å². The number of aryl methyl sites for hydroxylation is 1. The smallest absolute Gasteiger partial charge is 0.213 e. The Morgan fingerprint density at radius 3 is 3.55 bits per heavy atom. The highest BCUT2D eigenvalue weighted by Crippen LogP contribution is 2.18. The summed E-state index contributed by atoms with van der Waals surface area (Å²) in [4.78, 5) is 4.02. The summed E-state index contributed by atoms with van der Waals surface area (Å²) in [5.41, 5.74) is 0. The van der Waals surface area contributed by atoms with E-state index >= 15 is 0 Å². The number of hydrogen-bond acceptors (Lipinski definition) is 2. The fraction of sp³-hybridized carbons (Fsp3) is 0.625. The Labute approximate surface area is 66.0 Å². The summed E-state index contributed by atoms with van der Waals surface area (Å²) in [6.07, 6.45) is 6.27. The van der Waals surface area contributed by atoms with Crippen LogP contribution in [0.5, 0.6) is 5.88 Å². The summed E-state index contributed by atoms with van der Waals surface area (Å²) in [7, 11) is 0. The van der Waals surface area contributed by atoms with Crippen molar-refractivity contribution in [3.8, 4) is 5.88 Å². The standard InChI is InChI=1S/C8H12N2O/c1-7-3-2-4-10-6-9-5-8(10)11-7/h5-7H,2-4H2,1H3. The van der Waals surface area contributed by atoms with Gasteiger partial charge in [0.05, 0.1) is 18.6 Å². The molecule has 11 heavy (non-hydrogen) atoms. The summed E-state index contributed by atoms with van der Waals surface area (Å²) in [5.74, 6) is 0.912. The number of aromatic nitrogens is 2. The maximum Gasteiger partial charge on any atom is 0.213 e. The second-order valence-electron chi connectivity index (χ2n) is 3.00. The molecule has 3 heteroatoms. The molecule has 0 bridgehead atoms. The molecule has 1 aliphatic rings. The molecule has 0 fully saturated rings. The Morgan fingerprint density at radius 2 is 2.64 bits per heavy atom. The zero-order valence-corrected chi connectivity index (χ0v) is 6.66. The summed E-state index contributed by atoms with van der Waals surface area (Å²) in [5, 5.41) is 0. The first kappa shape index (κ1) is 6.70. The molecule has 2 heterocycles. The molecule has 1 unspecified atom stereocenters. The minimum Gasteiger partial charge on any atom is -0.475 e. The van der Waals surface area contributed by atoms with E-state index in [4.69, 9.17) is 4.74 Å². The highest BCUT2D eigenvalue weighted by atomic mass is 16.5. The average Bonchev–Trinajstić information content (AvgIpc) is 2.31. The number of hydrogen-bond donors (Lipinski definition) is 0. The van der Waals surface area contributed by atoms with E-state index in [1.807, 2.05) is 6.33 Å². The van der Waals surface area contributed by atoms with Crippen LogP contribution in [0.2, 0.25) is 0 Å². The number of ether oxygens (including phenoxy) is 1. The van der Waals surface area contributed by atoms with Gasteiger partial charge in [0.25, 0.3) is 0 Å². The van der Waals surface area contributed by atoms with Crippen LogP contribution >= 0.6 is 0 Å². The van der Waals surface area contributed by atoms with Crippen LogP contribution in [0.15, 0.2) is 12.5 Å². The summed E-state index contributed by atoms with van der Waals surface area (Å²) < 4.78 is 7.66. The molecule has 0 N–H and O–H groups in total. The van der Waals surface area contributed by atoms with Gasteiger partial charge in [-0.1, -0.05) is 0 Å². The highest BCUT2D eigenvalue weighted by Gasteiger charge is 2.12. The fourth-order valence-electron chi connectivity index (χ4n) is 1.39. The largest absolute Gasteiger partial charge is 0.475 e. The van der Waals surface area contributed by atoms with Crippen molar-refractivity contribution >= 4 is 0 Å². The van der Waals surface area contributed by atoms with Gasteiger partial charge in [-0.15, -0.1) is 0 Å². The maximum atomic E-state index is 5.60. The minimum atomic E-state index is 0.341. The Hall–Kier alpha value is -0.990. The van der Waals surface area contributed by atoms with Gasteiger partial charge in [-0.05, 0) is 19.8 Å². The van der Waals surface area contributed by atoms with Crippen molar-refractivity contribution in [2.24, 2.45) is 0 Å². The molecule has 0 saturated heterocycles. The SMILES string of the molecule is CC1CCCn2cncc2O1. The quantitative estimate of drug-likeness (QED) is 0.562. The van der Waals surface area contributed by atoms with E-state index in [-0.39, 0.29) is 0 Å². The van der Waals surface area contributed by atoms with Crippen molar-refractivity contribution in [2.75, 3.05) is 0 Å². The molecule has 1 aromatic rings. The normalized spacial score (nSPS) is 23.5. The molecule has 1 atom stereocenters. The van der Waals surface area contributed by atoms with Crippen LogP contribution in [0, 0.1) is 0 Å². The van der Waals surface area contributed by atoms with Crippen molar-refractivity contribution in [1.29, 1.82) is 0 Å². The van der Waals surface area contributed by atoms with Gasteiger partial charge < -0.3 is 9.30 Å². The lowest BCUT2D eigenvalue weighted by atomic mass is 10.2. The third kappa shape index (κ3) is 1.23. The number of rotatable bonds is 0. The Bertz CT molecular complexity index is 244. The lowest BCUT2D eigenvalue weighted by Gasteiger charge is -2.08. The number of nitrogens with zero attached hydrogens (tertiary/aromatic N) is 2. The molecular formula is C8H12N2O. The summed E-state index contributed by atoms with van der Waals surface area (Å²) in [6.45, 7) is 3.14. The molecule has 0 amide bonds. The van der Waals surface area contributed by atoms with Crippen LogP contribution in [0.4, 0.5) is 0 Å². The van der Waals surface area contributed by atoms with E-state index in [0.29, 0.717) is 6.10 Å². The van der Waals surface area contributed by atoms with Crippen LogP contribution in [0.3, 0.4) is 0 Å². The van der Waals surface area contributed by atoms with Crippen LogP contribution in [0.25, 0.3) is 0 Å². The third-order valence-electron chi connectivity index (χ3n) is 2.01. The van der Waals surface area contributed by atoms with E-state index in [2.05, 4.69) is 16.5 Å². The first-order chi connectivity index (χ1) is 5.36. The van der Waals surface area contributed by atoms with Gasteiger partial charge in [0, 0.05) is 6.54 Å². The second kappa shape index (κ2) is 2.57. The number of imidazole rings is 1. The van der Waals surface area contributed by atoms with Crippen LogP contribution in [-0.2, 0) is 6.54 Å². The van der Waals surface area contributed by atoms with Gasteiger partial charge in [0.1, 0.15) is 0 Å². The van der Waals surface area contributed by atoms with Gasteiger partial charge in [-0.2, -0.15) is 0 Å². The van der Waals surface area contributed by atoms with Crippen LogP contribution in [-0.4, -0.2) is 15.7 Å². The second-order valence-corrected chi connectivity index (χ2v) is 3.00. The van der Waals surface area contributed by atoms with E-state index in [9.17, 15) is 0 Å². The monoisotopic (exact) mass is 152 g/mol. The Morgan fingerprint density at radius 1 is 1.73 bits per heavy atom. The first-order valence-electron chi connectivity index (χ1n) is 4.03. The fourth-order valence-corrected chi connectivity index (χ4v) is 1.39. The minimum absolute atomic E-state index is 0.341. The molecule has 2 rings (SSSR count). The van der Waals surface area contributed by atoms with Gasteiger partial charge in [-0.3, -0.25) is 0 Å². The summed E-state index contributed by atoms with van der Waals surface area (Å²) >= 11 is 0. The Kier molecular flexibility index (Phi) is 1.56. The average molecular weight is 152 g/mol. The van der Waals surface area contributed by atoms with Crippen molar-refractivity contribution in [3.05, 3.63) is 12.5 Å². The van der Waals surface area contributed by atoms with Gasteiger partial charge in [0.15, 0.2) is 0 Å². The number of fused-ring (bicyclic) bond motifs is 1. The summed E-state index contributed by atoms with van der Waals surface area (Å²) in [6, 6.07) is 0. The molecule has 1 aromatic heterocycles. The van der Waals surface area contributed by atoms with Crippen molar-refractivity contribution in [1.82, 2.24) is 9.55 Å². The van der Waals surface area contributed by atoms with Crippen molar-refractivity contribution in [2.45, 2.75) is 32.4 Å². The highest BCUT2D eigenvalue weighted by molar-refractivity contribution is 5.06. The third-order valence-corrected chi connectivity index (χ3v) is 2.01. The molecule has 3 nitrogen and oxygen atoms in total. The maximum absolute atomic E-state index is 5.60. The van der Waals surface area contributed by atoms with Gasteiger partial charge in [-0.25, -0.2) is 4.98 Å². The first-order valence-corrected chi connectivity index (χ1v) is 4.03. The van der Waals surface area contributed by atoms with E-state index in [1.165, 1.54) is 6.42 Å². The Balaban J connectivity index is 2.26. The van der Waals surface area contributed by atoms with Gasteiger partial charge >= 0.3 is 0 Å². The van der Waals surface area contributed by atoms with E-state index < -0.39 is 0 Å². The molecule has 0 aliphatic carbocycles. The topological polar surface area (TPSA) is 27.1 Å². The molecule has 1 aliphatic heterocycles. The molecule has 0 saturated carbocycles. The zero-order valence-electron chi connectivity index (χ0n) is 6.66. The lowest BCUT2D eigenvalue weighted by Crippen LogP contribution is -2.09. The van der Waals surface area contributed by atoms with Crippen molar-refractivity contribution in [3.63, 3.8) is 0 Å². The molecule has 0 radical (unpaired) electrons. The predicted octanol–water partition coefficient (Wildman–Crippen LogP) is 1.44. The zero-order chi connectivity index (χ0) is 7.68. The van der Waals surface area contributed by atoms with E-state index in [1.54, 1.807) is 6.20 Å². The van der Waals surface area contributed by atoms with Gasteiger partial charge in [0.2, 0.25) is 5.88 Å². The molecule has 60 valence electrons. The molecule has 0 aromatic carbocycles. The predicted molar refractivity (Wildman–Crippen MR) is 41.6 cm³/mol. The van der Waals surface area contributed by atoms with Crippen LogP contribution in [0.1, 0.15) is 19.8 Å². The molecular weight excluding hydrogens is 140 g/mol.